The van der Waals surface area contributed by atoms with Crippen LogP contribution < -0.4 is 10.1 Å². The topological polar surface area (TPSA) is 77.0 Å². The zero-order chi connectivity index (χ0) is 24.9. The Morgan fingerprint density at radius 1 is 1.13 bits per heavy atom. The van der Waals surface area contributed by atoms with Gasteiger partial charge in [-0.3, -0.25) is 19.7 Å². The fourth-order valence-electron chi connectivity index (χ4n) is 2.76. The Labute approximate surface area is 181 Å². The lowest BCUT2D eigenvalue weighted by atomic mass is 10.1. The molecule has 0 saturated heterocycles. The van der Waals surface area contributed by atoms with Gasteiger partial charge in [-0.15, -0.1) is 0 Å². The maximum absolute atomic E-state index is 12.6. The maximum Gasteiger partial charge on any atom is 0.422 e. The molecule has 1 atom stereocenters. The first-order chi connectivity index (χ1) is 15.9. The van der Waals surface area contributed by atoms with Crippen molar-refractivity contribution in [1.29, 1.82) is 0 Å². The van der Waals surface area contributed by atoms with E-state index in [4.69, 9.17) is 4.11 Å². The Kier molecular flexibility index (Phi) is 5.63. The first-order valence-electron chi connectivity index (χ1n) is 10.7. The van der Waals surface area contributed by atoms with Gasteiger partial charge < -0.3 is 10.1 Å². The molecule has 31 heavy (non-hydrogen) atoms. The molecule has 1 amide bonds. The second kappa shape index (κ2) is 9.55. The molecule has 1 N–H and O–H groups in total. The molecule has 2 aromatic heterocycles. The molecule has 0 fully saturated rings. The number of aromatic nitrogens is 3. The number of carbonyl (C=O) groups is 1. The van der Waals surface area contributed by atoms with Crippen LogP contribution in [0.25, 0.3) is 11.3 Å². The van der Waals surface area contributed by atoms with Gasteiger partial charge in [-0.25, -0.2) is 0 Å². The first kappa shape index (κ1) is 18.3. The van der Waals surface area contributed by atoms with Gasteiger partial charge in [0.25, 0.3) is 0 Å². The van der Waals surface area contributed by atoms with Gasteiger partial charge in [-0.2, -0.15) is 13.2 Å². The SMILES string of the molecule is [2H]C([2H])([2H])[C@@H](NC(=O)Cc1ccc(-c2nccnc2C)cc1)c1ccc(OCC(F)(F)F)cn1. The predicted octanol–water partition coefficient (Wildman–Crippen LogP) is 4.21. The molecule has 3 aromatic rings. The number of benzene rings is 1. The standard InChI is InChI=1S/C22H21F3N4O2/c1-14(19-8-7-18(12-28-19)31-13-22(23,24)25)29-20(30)11-16-3-5-17(6-4-16)21-15(2)26-9-10-27-21/h3-10,12,14H,11,13H2,1-2H3,(H,29,30)/t14-/m1/s1/i1D3. The number of ether oxygens (including phenoxy) is 1. The Morgan fingerprint density at radius 2 is 1.87 bits per heavy atom. The van der Waals surface area contributed by atoms with Crippen molar-refractivity contribution in [1.82, 2.24) is 20.3 Å². The minimum Gasteiger partial charge on any atom is -0.483 e. The quantitative estimate of drug-likeness (QED) is 0.604. The average molecular weight is 433 g/mol. The fraction of sp³-hybridized carbons (Fsp3) is 0.273. The molecule has 162 valence electrons. The second-order valence-corrected chi connectivity index (χ2v) is 6.69. The molecule has 0 aliphatic carbocycles. The summed E-state index contributed by atoms with van der Waals surface area (Å²) in [4.78, 5) is 24.9. The minimum atomic E-state index is -4.51. The summed E-state index contributed by atoms with van der Waals surface area (Å²) in [6.45, 7) is -2.30. The zero-order valence-electron chi connectivity index (χ0n) is 19.5. The van der Waals surface area contributed by atoms with Crippen LogP contribution in [-0.2, 0) is 11.2 Å². The number of nitrogens with one attached hydrogen (secondary N) is 1. The molecule has 1 aromatic carbocycles. The second-order valence-electron chi connectivity index (χ2n) is 6.69. The lowest BCUT2D eigenvalue weighted by Crippen LogP contribution is -2.28. The van der Waals surface area contributed by atoms with Crippen LogP contribution in [-0.4, -0.2) is 33.6 Å². The van der Waals surface area contributed by atoms with Crippen molar-refractivity contribution in [3.8, 4) is 17.0 Å². The monoisotopic (exact) mass is 433 g/mol. The number of hydrogen-bond acceptors (Lipinski definition) is 5. The lowest BCUT2D eigenvalue weighted by molar-refractivity contribution is -0.153. The number of alkyl halides is 3. The maximum atomic E-state index is 12.6. The molecular formula is C22H21F3N4O2. The van der Waals surface area contributed by atoms with Gasteiger partial charge in [0, 0.05) is 22.1 Å². The number of nitrogens with zero attached hydrogens (tertiary/aromatic N) is 3. The van der Waals surface area contributed by atoms with E-state index in [-0.39, 0.29) is 17.9 Å². The molecule has 0 unspecified atom stereocenters. The van der Waals surface area contributed by atoms with Gasteiger partial charge in [0.2, 0.25) is 5.91 Å². The highest BCUT2D eigenvalue weighted by molar-refractivity contribution is 5.79. The van der Waals surface area contributed by atoms with E-state index in [2.05, 4.69) is 25.0 Å². The van der Waals surface area contributed by atoms with E-state index in [0.29, 0.717) is 5.56 Å². The van der Waals surface area contributed by atoms with E-state index in [1.807, 2.05) is 6.92 Å². The van der Waals surface area contributed by atoms with Crippen LogP contribution >= 0.6 is 0 Å². The van der Waals surface area contributed by atoms with Gasteiger partial charge in [0.1, 0.15) is 5.75 Å². The molecule has 9 heteroatoms. The van der Waals surface area contributed by atoms with E-state index in [1.54, 1.807) is 36.7 Å². The van der Waals surface area contributed by atoms with Crippen LogP contribution in [0.2, 0.25) is 0 Å². The molecular weight excluding hydrogens is 409 g/mol. The Morgan fingerprint density at radius 3 is 2.48 bits per heavy atom. The van der Waals surface area contributed by atoms with E-state index in [1.165, 1.54) is 12.1 Å². The molecule has 6 nitrogen and oxygen atoms in total. The van der Waals surface area contributed by atoms with Crippen LogP contribution in [0, 0.1) is 6.92 Å². The van der Waals surface area contributed by atoms with Crippen molar-refractivity contribution in [3.05, 3.63) is 71.9 Å². The molecule has 0 aliphatic rings. The normalized spacial score (nSPS) is 14.1. The number of pyridine rings is 1. The van der Waals surface area contributed by atoms with Gasteiger partial charge >= 0.3 is 6.18 Å². The van der Waals surface area contributed by atoms with E-state index in [9.17, 15) is 18.0 Å². The molecule has 0 bridgehead atoms. The number of aryl methyl sites for hydroxylation is 1. The van der Waals surface area contributed by atoms with Crippen molar-refractivity contribution in [2.45, 2.75) is 32.4 Å². The third-order valence-electron chi connectivity index (χ3n) is 4.24. The highest BCUT2D eigenvalue weighted by Gasteiger charge is 2.28. The predicted molar refractivity (Wildman–Crippen MR) is 108 cm³/mol. The van der Waals surface area contributed by atoms with E-state index >= 15 is 0 Å². The summed E-state index contributed by atoms with van der Waals surface area (Å²) in [6, 6.07) is 7.99. The summed E-state index contributed by atoms with van der Waals surface area (Å²) in [5, 5.41) is 2.45. The van der Waals surface area contributed by atoms with Crippen LogP contribution in [0.15, 0.2) is 55.0 Å². The summed E-state index contributed by atoms with van der Waals surface area (Å²) >= 11 is 0. The van der Waals surface area contributed by atoms with Crippen molar-refractivity contribution in [2.75, 3.05) is 6.61 Å². The van der Waals surface area contributed by atoms with Crippen LogP contribution in [0.5, 0.6) is 5.75 Å². The summed E-state index contributed by atoms with van der Waals surface area (Å²) in [5.74, 6) is -0.723. The van der Waals surface area contributed by atoms with Crippen molar-refractivity contribution in [3.63, 3.8) is 0 Å². The third-order valence-corrected chi connectivity index (χ3v) is 4.24. The molecule has 0 radical (unpaired) electrons. The summed E-state index contributed by atoms with van der Waals surface area (Å²) in [7, 11) is 0. The average Bonchev–Trinajstić information content (AvgIpc) is 2.76. The Hall–Kier alpha value is -3.49. The van der Waals surface area contributed by atoms with Gasteiger partial charge in [0.15, 0.2) is 6.61 Å². The number of carbonyl (C=O) groups excluding carboxylic acids is 1. The van der Waals surface area contributed by atoms with Crippen molar-refractivity contribution < 1.29 is 26.8 Å². The smallest absolute Gasteiger partial charge is 0.422 e. The highest BCUT2D eigenvalue weighted by Crippen LogP contribution is 2.21. The summed E-state index contributed by atoms with van der Waals surface area (Å²) < 4.78 is 64.7. The summed E-state index contributed by atoms with van der Waals surface area (Å²) in [6.07, 6.45) is -0.434. The van der Waals surface area contributed by atoms with Crippen molar-refractivity contribution in [2.24, 2.45) is 0 Å². The molecule has 0 aliphatic heterocycles. The number of rotatable bonds is 7. The first-order valence-corrected chi connectivity index (χ1v) is 9.24. The largest absolute Gasteiger partial charge is 0.483 e. The zero-order valence-corrected chi connectivity index (χ0v) is 16.5. The molecule has 2 heterocycles. The highest BCUT2D eigenvalue weighted by atomic mass is 19.4. The van der Waals surface area contributed by atoms with E-state index in [0.717, 1.165) is 23.1 Å². The van der Waals surface area contributed by atoms with Gasteiger partial charge in [0.05, 0.1) is 35.7 Å². The Balaban J connectivity index is 1.67. The van der Waals surface area contributed by atoms with Crippen LogP contribution in [0.3, 0.4) is 0 Å². The van der Waals surface area contributed by atoms with Crippen LogP contribution in [0.4, 0.5) is 13.2 Å². The third kappa shape index (κ3) is 6.50. The number of amides is 1. The van der Waals surface area contributed by atoms with Crippen molar-refractivity contribution >= 4 is 5.91 Å². The van der Waals surface area contributed by atoms with E-state index < -0.39 is 31.6 Å². The lowest BCUT2D eigenvalue weighted by Gasteiger charge is -2.14. The Bertz CT molecular complexity index is 1120. The number of hydrogen-bond donors (Lipinski definition) is 1. The fourth-order valence-corrected chi connectivity index (χ4v) is 2.76. The minimum absolute atomic E-state index is 0.0267. The van der Waals surface area contributed by atoms with Gasteiger partial charge in [-0.05, 0) is 31.5 Å². The van der Waals surface area contributed by atoms with Crippen LogP contribution in [0.1, 0.15) is 34.0 Å². The molecule has 0 spiro atoms. The number of halogens is 3. The van der Waals surface area contributed by atoms with Gasteiger partial charge in [-0.1, -0.05) is 24.3 Å². The summed E-state index contributed by atoms with van der Waals surface area (Å²) in [5.41, 5.74) is 2.93. The molecule has 3 rings (SSSR count). The molecule has 0 saturated carbocycles.